The summed E-state index contributed by atoms with van der Waals surface area (Å²) >= 11 is 0. The molecule has 21 heteroatoms. The highest BCUT2D eigenvalue weighted by Crippen LogP contribution is 2.34. The highest BCUT2D eigenvalue weighted by atomic mass is 32.2. The molecule has 0 bridgehead atoms. The van der Waals surface area contributed by atoms with Crippen molar-refractivity contribution in [2.45, 2.75) is 448 Å². The number of rotatable bonds is 15. The summed E-state index contributed by atoms with van der Waals surface area (Å²) in [5.74, 6) is 16.4. The summed E-state index contributed by atoms with van der Waals surface area (Å²) in [6.07, 6.45) is 34.2. The lowest BCUT2D eigenvalue weighted by Crippen LogP contribution is -2.57. The average Bonchev–Trinajstić information content (AvgIpc) is 1.74. The summed E-state index contributed by atoms with van der Waals surface area (Å²) < 4.78 is 21.9. The van der Waals surface area contributed by atoms with Crippen LogP contribution in [0.4, 0.5) is 4.79 Å². The number of nitrogens with zero attached hydrogens (tertiary/aromatic N) is 11. The second kappa shape index (κ2) is 72.3. The molecule has 15 rings (SSSR count). The fourth-order valence-corrected chi connectivity index (χ4v) is 21.3. The van der Waals surface area contributed by atoms with Gasteiger partial charge in [0.1, 0.15) is 0 Å². The molecule has 20 nitrogen and oxygen atoms in total. The molecule has 1 atom stereocenters. The third-order valence-corrected chi connectivity index (χ3v) is 32.4. The molecule has 12 aliphatic heterocycles. The van der Waals surface area contributed by atoms with Gasteiger partial charge in [0, 0.05) is 197 Å². The van der Waals surface area contributed by atoms with Crippen molar-refractivity contribution in [2.75, 3.05) is 156 Å². The molecule has 12 heterocycles. The van der Waals surface area contributed by atoms with Crippen LogP contribution >= 0.6 is 0 Å². The second-order valence-electron chi connectivity index (χ2n) is 45.6. The van der Waals surface area contributed by atoms with Gasteiger partial charge in [0.2, 0.25) is 23.6 Å². The van der Waals surface area contributed by atoms with E-state index in [2.05, 4.69) is 241 Å². The Hall–Kier alpha value is -3.93. The number of likely N-dealkylation sites (N-methyl/N-ethyl adjacent to an activating group) is 1. The summed E-state index contributed by atoms with van der Waals surface area (Å²) in [5, 5.41) is 0. The number of piperidine rings is 4. The number of hydrogen-bond acceptors (Lipinski definition) is 14. The quantitative estimate of drug-likeness (QED) is 0.164. The lowest BCUT2D eigenvalue weighted by molar-refractivity contribution is -0.135. The molecule has 6 amide bonds. The summed E-state index contributed by atoms with van der Waals surface area (Å²) in [6, 6.07) is 16.7. The smallest absolute Gasteiger partial charge is 0.320 e. The second-order valence-corrected chi connectivity index (χ2v) is 48.3. The monoisotopic (exact) mass is 1920 g/mol. The Morgan fingerprint density at radius 1 is 0.341 bits per heavy atom. The Bertz CT molecular complexity index is 3070. The fourth-order valence-electron chi connectivity index (χ4n) is 19.6. The van der Waals surface area contributed by atoms with Crippen molar-refractivity contribution in [1.29, 1.82) is 0 Å². The number of carbonyl (C=O) groups excluding carboxylic acids is 5. The number of amides is 6. The van der Waals surface area contributed by atoms with E-state index in [9.17, 15) is 28.2 Å². The van der Waals surface area contributed by atoms with Crippen LogP contribution in [-0.4, -0.2) is 310 Å². The molecule has 14 fully saturated rings. The Labute approximate surface area is 836 Å². The molecule has 794 valence electrons. The third kappa shape index (κ3) is 55.5. The maximum atomic E-state index is 11.5. The zero-order valence-corrected chi connectivity index (χ0v) is 94.1. The molecule has 1 aromatic rings. The van der Waals surface area contributed by atoms with Crippen molar-refractivity contribution < 1.29 is 37.7 Å². The van der Waals surface area contributed by atoms with Crippen molar-refractivity contribution in [1.82, 2.24) is 53.9 Å². The number of carbonyl (C=O) groups is 5. The standard InChI is InChI=1S/C14H21N.C10H19NO.C9H18OS.C9H18.C8H15NO.C8H17N.C8H16O.C7H14N2O.C7H15NO.2C7H13NO.C7H14.C6H14N2.C6H13N.CH4/c1-12(2)15-10-6-9-14(11-15)13-7-4-3-5-8-13;1-8(2)10-4-6-11(7-5-10)9(3)12;1-8(2)9-4-6-11(3,10)7-5-9;1-8(2)9-6-4-3-5-7-9;1-7(2)9-6-4-3-5-8(9)10;1-8(2)9-6-4-3-5-7-9;1-7(2)8-3-5-9-6-4-8;1-6(2)9-5-4-8(3)7(9)10;1-7(2)8-3-5-9-6-4-8;2*1-6(2)8-5-3-4-7(8)9;1-6(2)7-4-3-5-7;1-5(2)8-3-6(7)4-8;1-6(2)7-4-3-5-7;/h3-5,7-8,12,14H,6,9-11H2,1-2H3;8,10H,4-7H2,1-3H3;8-9H,3-7H2,1-2H3;8-9H,3-7H2,1-2H3;7H,3-6H2,1-2H3;8H,3-7H2,1-2H3;7-8H,3-6H2,1-2H3;6H,4-5H2,1-3H3;7H,3-6H2,1-2H3;2*6H,3-5H2,1-2H3;6-7H,3-5H2,1-2H3;5-6H,3-4,7H2,1-2H3;6H,3-5H2,1-2H3;1H4. The highest BCUT2D eigenvalue weighted by Gasteiger charge is 2.31. The number of ether oxygens (including phenoxy) is 2. The van der Waals surface area contributed by atoms with Crippen molar-refractivity contribution in [2.24, 2.45) is 64.9 Å². The van der Waals surface area contributed by atoms with E-state index >= 15 is 0 Å². The molecule has 12 saturated heterocycles. The van der Waals surface area contributed by atoms with E-state index < -0.39 is 9.52 Å². The van der Waals surface area contributed by atoms with Crippen LogP contribution in [0.2, 0.25) is 0 Å². The lowest BCUT2D eigenvalue weighted by atomic mass is 9.78. The van der Waals surface area contributed by atoms with Crippen LogP contribution in [0.5, 0.6) is 0 Å². The van der Waals surface area contributed by atoms with E-state index in [4.69, 9.17) is 15.2 Å². The predicted octanol–water partition coefficient (Wildman–Crippen LogP) is 23.3. The van der Waals surface area contributed by atoms with Crippen LogP contribution in [0.1, 0.15) is 393 Å². The number of nitrogens with two attached hydrogens (primary N) is 1. The molecule has 1 aromatic carbocycles. The molecule has 14 aliphatic rings. The molecule has 1 unspecified atom stereocenters. The van der Waals surface area contributed by atoms with Crippen LogP contribution in [0.25, 0.3) is 0 Å². The Balaban J connectivity index is 0.000000729. The van der Waals surface area contributed by atoms with Gasteiger partial charge >= 0.3 is 6.03 Å². The predicted molar refractivity (Wildman–Crippen MR) is 583 cm³/mol. The zero-order valence-electron chi connectivity index (χ0n) is 93.2. The van der Waals surface area contributed by atoms with Gasteiger partial charge < -0.3 is 59.3 Å². The van der Waals surface area contributed by atoms with Crippen molar-refractivity contribution >= 4 is 45.1 Å². The molecule has 135 heavy (non-hydrogen) atoms. The van der Waals surface area contributed by atoms with E-state index in [-0.39, 0.29) is 19.4 Å². The fraction of sp³-hybridized carbons (Fsp3) is 0.895. The Morgan fingerprint density at radius 2 is 0.689 bits per heavy atom. The third-order valence-electron chi connectivity index (χ3n) is 30.4. The minimum atomic E-state index is -1.65. The minimum Gasteiger partial charge on any atom is -0.381 e. The molecular formula is C114H224N12O8S. The SMILES string of the molecule is C.C=S1(=O)CCC(C(C)C)CC1.CC(=O)N1CCC(C(C)C)CC1.CC(C)C1CCC1.CC(C)C1CCCCC1.CC(C)C1CCOCC1.CC(C)N1CC(N)C1.CC(C)N1CCC1.CC(C)N1CCCC(c2ccccc2)C1.CC(C)N1CCCC1=O.CC(C)N1CCCC1=O.CC(C)N1CCCCC1.CC(C)N1CCCCC1=O.CC(C)N1CCN(C)C1=O.CC(C)N1CCOCC1. The zero-order chi connectivity index (χ0) is 101. The van der Waals surface area contributed by atoms with E-state index in [1.54, 1.807) is 11.8 Å². The van der Waals surface area contributed by atoms with E-state index in [1.165, 1.54) is 167 Å². The van der Waals surface area contributed by atoms with Gasteiger partial charge in [0.25, 0.3) is 0 Å². The molecule has 0 aromatic heterocycles. The molecule has 2 aliphatic carbocycles. The molecular weight excluding hydrogens is 1700 g/mol. The van der Waals surface area contributed by atoms with Gasteiger partial charge in [-0.15, -0.1) is 0 Å². The first-order valence-corrected chi connectivity index (χ1v) is 57.4. The maximum Gasteiger partial charge on any atom is 0.320 e. The Morgan fingerprint density at radius 3 is 0.978 bits per heavy atom. The first-order valence-electron chi connectivity index (χ1n) is 55.3. The van der Waals surface area contributed by atoms with Gasteiger partial charge in [-0.05, 0) is 340 Å². The van der Waals surface area contributed by atoms with Crippen molar-refractivity contribution in [3.63, 3.8) is 0 Å². The minimum absolute atomic E-state index is 0. The summed E-state index contributed by atoms with van der Waals surface area (Å²) in [7, 11) is 0.189. The number of benzene rings is 1. The topological polar surface area (TPSA) is 183 Å². The van der Waals surface area contributed by atoms with Gasteiger partial charge in [-0.3, -0.25) is 33.2 Å². The molecule has 0 radical (unpaired) electrons. The van der Waals surface area contributed by atoms with Crippen LogP contribution in [0.15, 0.2) is 30.3 Å². The van der Waals surface area contributed by atoms with Crippen LogP contribution in [0.3, 0.4) is 0 Å². The summed E-state index contributed by atoms with van der Waals surface area (Å²) in [6.45, 7) is 86.3. The molecule has 0 spiro atoms. The normalized spacial score (nSPS) is 23.1. The maximum absolute atomic E-state index is 11.5. The van der Waals surface area contributed by atoms with Gasteiger partial charge in [0.15, 0.2) is 0 Å². The Kier molecular flexibility index (Phi) is 69.2. The van der Waals surface area contributed by atoms with Gasteiger partial charge in [0.05, 0.1) is 13.2 Å². The summed E-state index contributed by atoms with van der Waals surface area (Å²) in [4.78, 5) is 79.1. The number of morpholine rings is 1. The molecule has 2 saturated carbocycles. The lowest BCUT2D eigenvalue weighted by Gasteiger charge is -2.39. The van der Waals surface area contributed by atoms with Crippen molar-refractivity contribution in [3.05, 3.63) is 35.9 Å². The first-order chi connectivity index (χ1) is 63.2. The average molecular weight is 1920 g/mol. The van der Waals surface area contributed by atoms with E-state index in [1.807, 2.05) is 45.4 Å². The van der Waals surface area contributed by atoms with Gasteiger partial charge in [-0.1, -0.05) is 165 Å². The largest absolute Gasteiger partial charge is 0.381 e. The highest BCUT2D eigenvalue weighted by molar-refractivity contribution is 8.00. The van der Waals surface area contributed by atoms with Gasteiger partial charge in [-0.25, -0.2) is 4.79 Å². The van der Waals surface area contributed by atoms with Crippen LogP contribution in [-0.2, 0) is 38.2 Å². The first kappa shape index (κ1) is 129. The molecule has 2 N–H and O–H groups in total. The number of likely N-dealkylation sites (tertiary alicyclic amines) is 8. The van der Waals surface area contributed by atoms with Crippen LogP contribution < -0.4 is 5.73 Å². The number of hydrogen-bond donors (Lipinski definition) is 1. The van der Waals surface area contributed by atoms with E-state index in [0.717, 1.165) is 238 Å². The van der Waals surface area contributed by atoms with E-state index in [0.29, 0.717) is 66.1 Å². The number of urea groups is 1. The van der Waals surface area contributed by atoms with Gasteiger partial charge in [-0.2, -0.15) is 0 Å². The summed E-state index contributed by atoms with van der Waals surface area (Å²) in [5.41, 5.74) is 7.08. The van der Waals surface area contributed by atoms with Crippen molar-refractivity contribution in [3.8, 4) is 0 Å². The van der Waals surface area contributed by atoms with Crippen LogP contribution in [0, 0.1) is 59.2 Å².